The van der Waals surface area contributed by atoms with Crippen molar-refractivity contribution in [1.29, 1.82) is 0 Å². The van der Waals surface area contributed by atoms with Crippen molar-refractivity contribution in [1.82, 2.24) is 15.5 Å². The molecule has 0 unspecified atom stereocenters. The van der Waals surface area contributed by atoms with E-state index in [9.17, 15) is 4.79 Å². The van der Waals surface area contributed by atoms with E-state index in [1.807, 2.05) is 30.3 Å². The predicted octanol–water partition coefficient (Wildman–Crippen LogP) is 5.07. The van der Waals surface area contributed by atoms with Gasteiger partial charge in [0.1, 0.15) is 5.03 Å². The second-order valence-electron chi connectivity index (χ2n) is 8.46. The zero-order chi connectivity index (χ0) is 22.3. The minimum absolute atomic E-state index is 0.0681. The molecule has 5 nitrogen and oxygen atoms in total. The molecule has 1 aliphatic rings. The molecule has 166 valence electrons. The Hall–Kier alpha value is -2.86. The van der Waals surface area contributed by atoms with Gasteiger partial charge >= 0.3 is 0 Å². The molecule has 1 N–H and O–H groups in total. The molecule has 1 amide bonds. The van der Waals surface area contributed by atoms with Crippen LogP contribution in [0, 0.1) is 12.8 Å². The minimum Gasteiger partial charge on any atom is -0.355 e. The number of nitrogens with zero attached hydrogens (tertiary/aromatic N) is 3. The van der Waals surface area contributed by atoms with Gasteiger partial charge in [0.05, 0.1) is 0 Å². The monoisotopic (exact) mass is 446 g/mol. The molecule has 1 aliphatic heterocycles. The topological polar surface area (TPSA) is 58.1 Å². The zero-order valence-corrected chi connectivity index (χ0v) is 19.5. The molecular weight excluding hydrogens is 416 g/mol. The summed E-state index contributed by atoms with van der Waals surface area (Å²) in [5.41, 5.74) is 2.50. The average molecular weight is 447 g/mol. The summed E-state index contributed by atoms with van der Waals surface area (Å²) in [5.74, 6) is 1.43. The van der Waals surface area contributed by atoms with Crippen LogP contribution in [0.1, 0.15) is 36.8 Å². The quantitative estimate of drug-likeness (QED) is 0.549. The van der Waals surface area contributed by atoms with Gasteiger partial charge in [-0.05, 0) is 55.5 Å². The van der Waals surface area contributed by atoms with Gasteiger partial charge in [0.15, 0.2) is 5.82 Å². The average Bonchev–Trinajstić information content (AvgIpc) is 2.85. The number of benzene rings is 2. The van der Waals surface area contributed by atoms with E-state index >= 15 is 0 Å². The molecule has 0 bridgehead atoms. The van der Waals surface area contributed by atoms with Crippen molar-refractivity contribution < 1.29 is 4.79 Å². The van der Waals surface area contributed by atoms with Crippen LogP contribution in [0.25, 0.3) is 0 Å². The van der Waals surface area contributed by atoms with Crippen molar-refractivity contribution in [3.8, 4) is 0 Å². The first-order valence-electron chi connectivity index (χ1n) is 11.2. The van der Waals surface area contributed by atoms with Gasteiger partial charge in [0, 0.05) is 30.4 Å². The van der Waals surface area contributed by atoms with E-state index in [-0.39, 0.29) is 11.8 Å². The van der Waals surface area contributed by atoms with Gasteiger partial charge in [-0.15, -0.1) is 10.2 Å². The maximum Gasteiger partial charge on any atom is 0.223 e. The van der Waals surface area contributed by atoms with Crippen molar-refractivity contribution in [3.05, 3.63) is 77.9 Å². The summed E-state index contributed by atoms with van der Waals surface area (Å²) in [7, 11) is 0. The second kappa shape index (κ2) is 10.6. The number of carbonyl (C=O) groups excluding carboxylic acids is 1. The van der Waals surface area contributed by atoms with Crippen LogP contribution in [-0.4, -0.2) is 35.7 Å². The molecule has 1 fully saturated rings. The zero-order valence-electron chi connectivity index (χ0n) is 18.7. The lowest BCUT2D eigenvalue weighted by Gasteiger charge is -2.32. The highest BCUT2D eigenvalue weighted by molar-refractivity contribution is 7.99. The third-order valence-corrected chi connectivity index (χ3v) is 6.94. The van der Waals surface area contributed by atoms with E-state index in [4.69, 9.17) is 0 Å². The van der Waals surface area contributed by atoms with Gasteiger partial charge in [-0.25, -0.2) is 0 Å². The van der Waals surface area contributed by atoms with Crippen LogP contribution in [0.5, 0.6) is 0 Å². The van der Waals surface area contributed by atoms with Crippen molar-refractivity contribution in [2.24, 2.45) is 5.92 Å². The van der Waals surface area contributed by atoms with Crippen LogP contribution in [0.2, 0.25) is 0 Å². The molecular formula is C26H30N4OS. The fourth-order valence-electron chi connectivity index (χ4n) is 3.93. The van der Waals surface area contributed by atoms with Gasteiger partial charge in [-0.2, -0.15) is 0 Å². The van der Waals surface area contributed by atoms with Gasteiger partial charge in [0.2, 0.25) is 5.91 Å². The number of amides is 1. The van der Waals surface area contributed by atoms with E-state index in [1.165, 1.54) is 11.1 Å². The largest absolute Gasteiger partial charge is 0.355 e. The lowest BCUT2D eigenvalue weighted by atomic mass is 9.95. The Morgan fingerprint density at radius 2 is 1.75 bits per heavy atom. The summed E-state index contributed by atoms with van der Waals surface area (Å²) in [6.07, 6.45) is 1.68. The third kappa shape index (κ3) is 5.88. The number of hydrogen-bond acceptors (Lipinski definition) is 5. The Labute approximate surface area is 194 Å². The van der Waals surface area contributed by atoms with Crippen LogP contribution < -0.4 is 10.2 Å². The van der Waals surface area contributed by atoms with Gasteiger partial charge < -0.3 is 10.2 Å². The summed E-state index contributed by atoms with van der Waals surface area (Å²) in [5, 5.41) is 12.9. The van der Waals surface area contributed by atoms with Crippen LogP contribution in [0.4, 0.5) is 5.82 Å². The molecule has 1 aromatic heterocycles. The maximum atomic E-state index is 12.7. The standard InChI is InChI=1S/C26H30N4OS/c1-19-8-10-23(11-9-19)32-25-13-12-24(28-29-25)30-16-14-22(15-17-30)26(31)27-18-20(2)21-6-4-3-5-7-21/h3-13,20,22H,14-18H2,1-2H3,(H,27,31)/t20-/m1/s1. The summed E-state index contributed by atoms with van der Waals surface area (Å²) >= 11 is 1.62. The van der Waals surface area contributed by atoms with Gasteiger partial charge in [-0.1, -0.05) is 66.7 Å². The molecule has 6 heteroatoms. The molecule has 32 heavy (non-hydrogen) atoms. The van der Waals surface area contributed by atoms with E-state index in [2.05, 4.69) is 70.7 Å². The van der Waals surface area contributed by atoms with Crippen molar-refractivity contribution in [3.63, 3.8) is 0 Å². The lowest BCUT2D eigenvalue weighted by molar-refractivity contribution is -0.125. The fraction of sp³-hybridized carbons (Fsp3) is 0.346. The fourth-order valence-corrected chi connectivity index (χ4v) is 4.66. The molecule has 3 aromatic rings. The van der Waals surface area contributed by atoms with Crippen molar-refractivity contribution in [2.45, 2.75) is 42.5 Å². The number of hydrogen-bond donors (Lipinski definition) is 1. The molecule has 0 saturated carbocycles. The van der Waals surface area contributed by atoms with Crippen LogP contribution >= 0.6 is 11.8 Å². The number of aromatic nitrogens is 2. The smallest absolute Gasteiger partial charge is 0.223 e. The number of rotatable bonds is 7. The van der Waals surface area contributed by atoms with E-state index in [1.54, 1.807) is 11.8 Å². The molecule has 2 heterocycles. The molecule has 4 rings (SSSR count). The second-order valence-corrected chi connectivity index (χ2v) is 9.56. The Morgan fingerprint density at radius 1 is 1.03 bits per heavy atom. The minimum atomic E-state index is 0.0681. The van der Waals surface area contributed by atoms with E-state index in [0.29, 0.717) is 12.5 Å². The van der Waals surface area contributed by atoms with Crippen LogP contribution in [0.15, 0.2) is 76.7 Å². The number of piperidine rings is 1. The van der Waals surface area contributed by atoms with Crippen LogP contribution in [-0.2, 0) is 4.79 Å². The first-order chi connectivity index (χ1) is 15.6. The summed E-state index contributed by atoms with van der Waals surface area (Å²) in [6, 6.07) is 22.8. The normalized spacial score (nSPS) is 15.4. The Bertz CT molecular complexity index is 1000. The van der Waals surface area contributed by atoms with Gasteiger partial charge in [0.25, 0.3) is 0 Å². The predicted molar refractivity (Wildman–Crippen MR) is 130 cm³/mol. The summed E-state index contributed by atoms with van der Waals surface area (Å²) in [4.78, 5) is 16.0. The molecule has 0 aliphatic carbocycles. The highest BCUT2D eigenvalue weighted by Crippen LogP contribution is 2.27. The maximum absolute atomic E-state index is 12.7. The van der Waals surface area contributed by atoms with E-state index < -0.39 is 0 Å². The molecule has 1 atom stereocenters. The highest BCUT2D eigenvalue weighted by atomic mass is 32.2. The first kappa shape index (κ1) is 22.3. The van der Waals surface area contributed by atoms with Crippen molar-refractivity contribution in [2.75, 3.05) is 24.5 Å². The molecule has 2 aromatic carbocycles. The summed E-state index contributed by atoms with van der Waals surface area (Å²) < 4.78 is 0. The number of carbonyl (C=O) groups is 1. The molecule has 0 spiro atoms. The number of anilines is 1. The summed E-state index contributed by atoms with van der Waals surface area (Å²) in [6.45, 7) is 6.56. The first-order valence-corrected chi connectivity index (χ1v) is 12.1. The van der Waals surface area contributed by atoms with Crippen molar-refractivity contribution >= 4 is 23.5 Å². The van der Waals surface area contributed by atoms with Gasteiger partial charge in [-0.3, -0.25) is 4.79 Å². The van der Waals surface area contributed by atoms with Crippen LogP contribution in [0.3, 0.4) is 0 Å². The lowest BCUT2D eigenvalue weighted by Crippen LogP contribution is -2.41. The third-order valence-electron chi connectivity index (χ3n) is 6.01. The Balaban J connectivity index is 1.24. The Morgan fingerprint density at radius 3 is 2.41 bits per heavy atom. The number of aryl methyl sites for hydroxylation is 1. The molecule has 0 radical (unpaired) electrons. The van der Waals surface area contributed by atoms with E-state index in [0.717, 1.165) is 41.7 Å². The molecule has 1 saturated heterocycles. The highest BCUT2D eigenvalue weighted by Gasteiger charge is 2.26. The Kier molecular flexibility index (Phi) is 7.43. The SMILES string of the molecule is Cc1ccc(Sc2ccc(N3CCC(C(=O)NC[C@@H](C)c4ccccc4)CC3)nn2)cc1. The number of nitrogens with one attached hydrogen (secondary N) is 1.